The van der Waals surface area contributed by atoms with Gasteiger partial charge in [-0.1, -0.05) is 66.7 Å². The van der Waals surface area contributed by atoms with Crippen LogP contribution in [0.2, 0.25) is 0 Å². The summed E-state index contributed by atoms with van der Waals surface area (Å²) in [5.41, 5.74) is 6.83. The highest BCUT2D eigenvalue weighted by Gasteiger charge is 2.19. The molecule has 0 aromatic heterocycles. The summed E-state index contributed by atoms with van der Waals surface area (Å²) >= 11 is 1.74. The molecule has 3 heteroatoms. The molecule has 0 saturated carbocycles. The smallest absolute Gasteiger partial charge is 0.224 e. The van der Waals surface area contributed by atoms with E-state index in [0.717, 1.165) is 22.3 Å². The number of carbonyl (C=O) groups is 1. The number of hydrogen-bond acceptors (Lipinski definition) is 2. The van der Waals surface area contributed by atoms with E-state index >= 15 is 0 Å². The van der Waals surface area contributed by atoms with Gasteiger partial charge in [-0.05, 0) is 63.9 Å². The van der Waals surface area contributed by atoms with E-state index in [1.807, 2.05) is 36.4 Å². The van der Waals surface area contributed by atoms with Crippen LogP contribution in [0.15, 0.2) is 89.8 Å². The first-order chi connectivity index (χ1) is 14.2. The normalized spacial score (nSPS) is 13.8. The molecule has 29 heavy (non-hydrogen) atoms. The van der Waals surface area contributed by atoms with E-state index in [1.165, 1.54) is 16.0 Å². The van der Waals surface area contributed by atoms with Crippen molar-refractivity contribution in [2.45, 2.75) is 17.9 Å². The molecule has 3 aromatic carbocycles. The van der Waals surface area contributed by atoms with Crippen LogP contribution in [0.25, 0.3) is 17.2 Å². The second-order valence-electron chi connectivity index (χ2n) is 7.03. The summed E-state index contributed by atoms with van der Waals surface area (Å²) in [5.74, 6) is 0.0421. The molecule has 0 radical (unpaired) electrons. The molecule has 1 amide bonds. The van der Waals surface area contributed by atoms with Crippen LogP contribution in [0.5, 0.6) is 0 Å². The molecule has 0 saturated heterocycles. The van der Waals surface area contributed by atoms with Gasteiger partial charge >= 0.3 is 0 Å². The maximum absolute atomic E-state index is 12.5. The quantitative estimate of drug-likeness (QED) is 0.513. The van der Waals surface area contributed by atoms with E-state index in [0.29, 0.717) is 13.0 Å². The number of fused-ring (bicyclic) bond motifs is 1. The van der Waals surface area contributed by atoms with Crippen molar-refractivity contribution in [2.24, 2.45) is 0 Å². The van der Waals surface area contributed by atoms with Crippen LogP contribution >= 0.6 is 11.8 Å². The average molecular weight is 398 g/mol. The number of benzene rings is 3. The van der Waals surface area contributed by atoms with Crippen LogP contribution in [0.4, 0.5) is 0 Å². The van der Waals surface area contributed by atoms with Gasteiger partial charge in [-0.15, -0.1) is 11.8 Å². The minimum Gasteiger partial charge on any atom is -0.352 e. The third-order valence-electron chi connectivity index (χ3n) is 5.04. The summed E-state index contributed by atoms with van der Waals surface area (Å²) in [4.78, 5) is 13.8. The molecular formula is C26H23NOS. The van der Waals surface area contributed by atoms with Crippen LogP contribution in [-0.4, -0.2) is 12.2 Å². The Hall–Kier alpha value is -3.04. The Labute approximate surface area is 176 Å². The second kappa shape index (κ2) is 8.97. The fraction of sp³-hybridized carbons (Fsp3) is 0.115. The zero-order valence-corrected chi connectivity index (χ0v) is 17.2. The van der Waals surface area contributed by atoms with Crippen molar-refractivity contribution < 1.29 is 4.79 Å². The van der Waals surface area contributed by atoms with Gasteiger partial charge in [0.1, 0.15) is 0 Å². The van der Waals surface area contributed by atoms with Gasteiger partial charge in [-0.2, -0.15) is 0 Å². The van der Waals surface area contributed by atoms with Gasteiger partial charge in [0, 0.05) is 11.4 Å². The summed E-state index contributed by atoms with van der Waals surface area (Å²) in [6.45, 7) is 0.555. The predicted octanol–water partition coefficient (Wildman–Crippen LogP) is 6.05. The molecule has 1 aliphatic rings. The van der Waals surface area contributed by atoms with E-state index in [-0.39, 0.29) is 5.91 Å². The molecular weight excluding hydrogens is 374 g/mol. The summed E-state index contributed by atoms with van der Waals surface area (Å²) in [6, 6.07) is 26.9. The Morgan fingerprint density at radius 2 is 1.59 bits per heavy atom. The minimum atomic E-state index is 0.0421. The van der Waals surface area contributed by atoms with Gasteiger partial charge in [0.25, 0.3) is 0 Å². The maximum atomic E-state index is 12.5. The number of hydrogen-bond donors (Lipinski definition) is 1. The standard InChI is InChI=1S/C26H23NOS/c1-29-23-13-11-19(12-14-23)15-21-16-22(25-10-6-5-9-24(21)25)17-26(28)27-18-20-7-3-2-4-8-20/h2-16H,17-18H2,1H3,(H,27,28). The predicted molar refractivity (Wildman–Crippen MR) is 123 cm³/mol. The summed E-state index contributed by atoms with van der Waals surface area (Å²) in [5, 5.41) is 3.03. The largest absolute Gasteiger partial charge is 0.352 e. The lowest BCUT2D eigenvalue weighted by Crippen LogP contribution is -2.22. The number of rotatable bonds is 6. The number of carbonyl (C=O) groups excluding carboxylic acids is 1. The van der Waals surface area contributed by atoms with Crippen molar-refractivity contribution in [1.29, 1.82) is 0 Å². The first kappa shape index (κ1) is 19.3. The van der Waals surface area contributed by atoms with E-state index in [4.69, 9.17) is 0 Å². The number of allylic oxidation sites excluding steroid dienone is 2. The molecule has 2 nitrogen and oxygen atoms in total. The molecule has 0 bridgehead atoms. The molecule has 0 heterocycles. The van der Waals surface area contributed by atoms with Crippen molar-refractivity contribution in [2.75, 3.05) is 6.26 Å². The molecule has 0 aliphatic heterocycles. The molecule has 0 atom stereocenters. The van der Waals surface area contributed by atoms with Crippen LogP contribution in [0, 0.1) is 0 Å². The number of thioether (sulfide) groups is 1. The molecule has 1 aliphatic carbocycles. The van der Waals surface area contributed by atoms with Gasteiger partial charge < -0.3 is 5.32 Å². The average Bonchev–Trinajstić information content (AvgIpc) is 3.11. The van der Waals surface area contributed by atoms with Gasteiger partial charge in [-0.25, -0.2) is 0 Å². The zero-order chi connectivity index (χ0) is 20.1. The molecule has 0 fully saturated rings. The number of amides is 1. The Kier molecular flexibility index (Phi) is 5.97. The van der Waals surface area contributed by atoms with Gasteiger partial charge in [0.2, 0.25) is 5.91 Å². The maximum Gasteiger partial charge on any atom is 0.224 e. The highest BCUT2D eigenvalue weighted by Crippen LogP contribution is 2.38. The van der Waals surface area contributed by atoms with E-state index in [1.54, 1.807) is 11.8 Å². The first-order valence-corrected chi connectivity index (χ1v) is 10.9. The fourth-order valence-electron chi connectivity index (χ4n) is 3.54. The summed E-state index contributed by atoms with van der Waals surface area (Å²) in [7, 11) is 0. The molecule has 3 aromatic rings. The zero-order valence-electron chi connectivity index (χ0n) is 16.4. The van der Waals surface area contributed by atoms with Crippen molar-refractivity contribution in [1.82, 2.24) is 5.32 Å². The summed E-state index contributed by atoms with van der Waals surface area (Å²) < 4.78 is 0. The van der Waals surface area contributed by atoms with Crippen molar-refractivity contribution >= 4 is 34.9 Å². The van der Waals surface area contributed by atoms with Crippen molar-refractivity contribution in [3.05, 3.63) is 107 Å². The molecule has 144 valence electrons. The molecule has 0 spiro atoms. The fourth-order valence-corrected chi connectivity index (χ4v) is 3.94. The van der Waals surface area contributed by atoms with Gasteiger partial charge in [0.05, 0.1) is 6.42 Å². The lowest BCUT2D eigenvalue weighted by Gasteiger charge is -2.07. The molecule has 4 rings (SSSR count). The van der Waals surface area contributed by atoms with Crippen LogP contribution < -0.4 is 5.32 Å². The highest BCUT2D eigenvalue weighted by atomic mass is 32.2. The van der Waals surface area contributed by atoms with Gasteiger partial charge in [0.15, 0.2) is 0 Å². The van der Waals surface area contributed by atoms with E-state index < -0.39 is 0 Å². The minimum absolute atomic E-state index is 0.0421. The topological polar surface area (TPSA) is 29.1 Å². The highest BCUT2D eigenvalue weighted by molar-refractivity contribution is 7.98. The third-order valence-corrected chi connectivity index (χ3v) is 5.78. The third kappa shape index (κ3) is 4.69. The second-order valence-corrected chi connectivity index (χ2v) is 7.91. The van der Waals surface area contributed by atoms with Crippen molar-refractivity contribution in [3.8, 4) is 0 Å². The number of nitrogens with one attached hydrogen (secondary N) is 1. The monoisotopic (exact) mass is 397 g/mol. The Bertz CT molecular complexity index is 1070. The lowest BCUT2D eigenvalue weighted by molar-refractivity contribution is -0.120. The van der Waals surface area contributed by atoms with E-state index in [2.05, 4.69) is 66.2 Å². The Balaban J connectivity index is 1.52. The van der Waals surface area contributed by atoms with E-state index in [9.17, 15) is 4.79 Å². The first-order valence-electron chi connectivity index (χ1n) is 9.69. The Morgan fingerprint density at radius 1 is 0.897 bits per heavy atom. The van der Waals surface area contributed by atoms with Crippen molar-refractivity contribution in [3.63, 3.8) is 0 Å². The van der Waals surface area contributed by atoms with Gasteiger partial charge in [-0.3, -0.25) is 4.79 Å². The van der Waals surface area contributed by atoms with Crippen LogP contribution in [0.1, 0.15) is 28.7 Å². The lowest BCUT2D eigenvalue weighted by atomic mass is 10.0. The molecule has 0 unspecified atom stereocenters. The molecule has 1 N–H and O–H groups in total. The Morgan fingerprint density at radius 3 is 2.31 bits per heavy atom. The van der Waals surface area contributed by atoms with Crippen LogP contribution in [-0.2, 0) is 11.3 Å². The summed E-state index contributed by atoms with van der Waals surface area (Å²) in [6.07, 6.45) is 6.80. The van der Waals surface area contributed by atoms with Crippen LogP contribution in [0.3, 0.4) is 0 Å². The SMILES string of the molecule is CSc1ccc(C=C2C=C(CC(=O)NCc3ccccc3)c3ccccc32)cc1.